The number of aromatic amines is 1. The number of fused-ring (bicyclic) bond motifs is 1. The molecular weight excluding hydrogens is 440 g/mol. The third-order valence-corrected chi connectivity index (χ3v) is 7.25. The smallest absolute Gasteiger partial charge is 0.252 e. The van der Waals surface area contributed by atoms with E-state index in [0.29, 0.717) is 19.1 Å². The fourth-order valence-corrected chi connectivity index (χ4v) is 5.56. The Bertz CT molecular complexity index is 1330. The first-order valence-corrected chi connectivity index (χ1v) is 12.7. The van der Waals surface area contributed by atoms with Gasteiger partial charge in [-0.15, -0.1) is 5.10 Å². The summed E-state index contributed by atoms with van der Waals surface area (Å²) >= 11 is 0. The number of nitrogens with zero attached hydrogens (tertiary/aromatic N) is 5. The van der Waals surface area contributed by atoms with Crippen molar-refractivity contribution in [3.05, 3.63) is 75.2 Å². The van der Waals surface area contributed by atoms with Crippen LogP contribution in [-0.4, -0.2) is 30.1 Å². The van der Waals surface area contributed by atoms with Crippen molar-refractivity contribution in [2.45, 2.75) is 84.5 Å². The number of pyridine rings is 1. The second kappa shape index (κ2) is 10.2. The number of nitrogens with one attached hydrogen (secondary N) is 1. The number of aromatic nitrogens is 5. The zero-order valence-electron chi connectivity index (χ0n) is 20.8. The predicted octanol–water partition coefficient (Wildman–Crippen LogP) is 5.38. The van der Waals surface area contributed by atoms with Crippen molar-refractivity contribution in [2.75, 3.05) is 0 Å². The molecule has 5 rings (SSSR count). The van der Waals surface area contributed by atoms with E-state index in [0.717, 1.165) is 52.9 Å². The van der Waals surface area contributed by atoms with Crippen molar-refractivity contribution < 1.29 is 4.42 Å². The Labute approximate surface area is 205 Å². The summed E-state index contributed by atoms with van der Waals surface area (Å²) in [4.78, 5) is 18.6. The molecule has 8 nitrogen and oxygen atoms in total. The van der Waals surface area contributed by atoms with Crippen LogP contribution in [0.3, 0.4) is 0 Å². The molecule has 8 heteroatoms. The average Bonchev–Trinajstić information content (AvgIpc) is 3.54. The second-order valence-corrected chi connectivity index (χ2v) is 9.85. The lowest BCUT2D eigenvalue weighted by Crippen LogP contribution is -2.33. The summed E-state index contributed by atoms with van der Waals surface area (Å²) in [5.41, 5.74) is 3.82. The Balaban J connectivity index is 1.52. The summed E-state index contributed by atoms with van der Waals surface area (Å²) in [6, 6.07) is 10.4. The normalized spacial score (nSPS) is 15.8. The van der Waals surface area contributed by atoms with Gasteiger partial charge in [0.1, 0.15) is 5.76 Å². The lowest BCUT2D eigenvalue weighted by Gasteiger charge is -2.31. The van der Waals surface area contributed by atoms with Gasteiger partial charge in [-0.2, -0.15) is 0 Å². The number of tetrazole rings is 1. The van der Waals surface area contributed by atoms with E-state index < -0.39 is 0 Å². The molecule has 0 unspecified atom stereocenters. The minimum Gasteiger partial charge on any atom is -0.468 e. The van der Waals surface area contributed by atoms with Gasteiger partial charge >= 0.3 is 0 Å². The van der Waals surface area contributed by atoms with E-state index >= 15 is 0 Å². The Kier molecular flexibility index (Phi) is 6.81. The third kappa shape index (κ3) is 4.93. The van der Waals surface area contributed by atoms with Gasteiger partial charge in [-0.3, -0.25) is 9.69 Å². The van der Waals surface area contributed by atoms with Crippen LogP contribution in [-0.2, 0) is 13.1 Å². The molecule has 1 saturated carbocycles. The number of hydrogen-bond donors (Lipinski definition) is 1. The van der Waals surface area contributed by atoms with Crippen LogP contribution < -0.4 is 5.56 Å². The lowest BCUT2D eigenvalue weighted by atomic mass is 9.95. The van der Waals surface area contributed by atoms with Crippen molar-refractivity contribution in [2.24, 2.45) is 0 Å². The van der Waals surface area contributed by atoms with Gasteiger partial charge in [0.05, 0.1) is 30.4 Å². The van der Waals surface area contributed by atoms with Crippen LogP contribution in [0.1, 0.15) is 85.8 Å². The Hall–Kier alpha value is -3.26. The van der Waals surface area contributed by atoms with Crippen LogP contribution in [0.5, 0.6) is 0 Å². The van der Waals surface area contributed by atoms with Crippen molar-refractivity contribution in [3.63, 3.8) is 0 Å². The molecule has 184 valence electrons. The predicted molar refractivity (Wildman–Crippen MR) is 135 cm³/mol. The van der Waals surface area contributed by atoms with Crippen molar-refractivity contribution in [1.29, 1.82) is 0 Å². The summed E-state index contributed by atoms with van der Waals surface area (Å²) in [6.07, 6.45) is 8.42. The van der Waals surface area contributed by atoms with E-state index in [4.69, 9.17) is 4.42 Å². The molecule has 1 fully saturated rings. The number of hydrogen-bond acceptors (Lipinski definition) is 6. The van der Waals surface area contributed by atoms with Gasteiger partial charge in [0.15, 0.2) is 5.82 Å². The molecule has 1 N–H and O–H groups in total. The maximum atomic E-state index is 13.2. The number of H-pyrrole nitrogens is 1. The third-order valence-electron chi connectivity index (χ3n) is 7.25. The molecule has 4 aromatic rings. The highest BCUT2D eigenvalue weighted by molar-refractivity contribution is 5.82. The molecule has 1 aromatic carbocycles. The van der Waals surface area contributed by atoms with Crippen molar-refractivity contribution in [1.82, 2.24) is 30.1 Å². The number of furan rings is 1. The zero-order chi connectivity index (χ0) is 24.4. The van der Waals surface area contributed by atoms with Gasteiger partial charge in [0.25, 0.3) is 5.56 Å². The molecule has 0 amide bonds. The summed E-state index contributed by atoms with van der Waals surface area (Å²) in [6.45, 7) is 7.30. The lowest BCUT2D eigenvalue weighted by molar-refractivity contribution is 0.144. The maximum absolute atomic E-state index is 13.2. The molecule has 3 heterocycles. The first kappa shape index (κ1) is 23.5. The SMILES string of the molecule is CC[C@H](c1nnnn1C1CCCCC1)N(Cc1ccco1)Cc1cc2cc(C)cc(C)c2[nH]c1=O. The standard InChI is InChI=1S/C27H34N6O2/c1-4-24(26-29-30-31-33(26)22-9-6-5-7-10-22)32(17-23-11-8-12-35-23)16-21-15-20-14-18(2)13-19(3)25(20)28-27(21)34/h8,11-15,22,24H,4-7,9-10,16-17H2,1-3H3,(H,28,34)/t24-/m1/s1. The van der Waals surface area contributed by atoms with E-state index in [1.165, 1.54) is 24.8 Å². The molecule has 0 saturated heterocycles. The first-order valence-electron chi connectivity index (χ1n) is 12.7. The van der Waals surface area contributed by atoms with Crippen LogP contribution in [0.25, 0.3) is 10.9 Å². The van der Waals surface area contributed by atoms with Crippen LogP contribution in [0, 0.1) is 13.8 Å². The highest BCUT2D eigenvalue weighted by Crippen LogP contribution is 2.33. The molecule has 1 aliphatic carbocycles. The zero-order valence-corrected chi connectivity index (χ0v) is 20.8. The fraction of sp³-hybridized carbons (Fsp3) is 0.481. The summed E-state index contributed by atoms with van der Waals surface area (Å²) < 4.78 is 7.75. The second-order valence-electron chi connectivity index (χ2n) is 9.85. The van der Waals surface area contributed by atoms with Crippen LogP contribution >= 0.6 is 0 Å². The Morgan fingerprint density at radius 1 is 1.17 bits per heavy atom. The van der Waals surface area contributed by atoms with E-state index in [2.05, 4.69) is 51.4 Å². The highest BCUT2D eigenvalue weighted by atomic mass is 16.3. The quantitative estimate of drug-likeness (QED) is 0.368. The van der Waals surface area contributed by atoms with Crippen LogP contribution in [0.15, 0.2) is 45.8 Å². The Morgan fingerprint density at radius 2 is 2.00 bits per heavy atom. The van der Waals surface area contributed by atoms with Crippen molar-refractivity contribution in [3.8, 4) is 0 Å². The molecule has 0 bridgehead atoms. The number of rotatable bonds is 8. The Morgan fingerprint density at radius 3 is 2.74 bits per heavy atom. The minimum absolute atomic E-state index is 0.0497. The van der Waals surface area contributed by atoms with E-state index in [-0.39, 0.29) is 11.6 Å². The molecule has 0 aliphatic heterocycles. The van der Waals surface area contributed by atoms with Gasteiger partial charge in [-0.25, -0.2) is 4.68 Å². The van der Waals surface area contributed by atoms with Gasteiger partial charge in [0.2, 0.25) is 0 Å². The average molecular weight is 475 g/mol. The molecule has 35 heavy (non-hydrogen) atoms. The molecule has 0 radical (unpaired) electrons. The van der Waals surface area contributed by atoms with Gasteiger partial charge in [-0.1, -0.05) is 37.8 Å². The molecule has 1 aliphatic rings. The van der Waals surface area contributed by atoms with Crippen LogP contribution in [0.2, 0.25) is 0 Å². The largest absolute Gasteiger partial charge is 0.468 e. The minimum atomic E-state index is -0.0596. The van der Waals surface area contributed by atoms with Gasteiger partial charge in [-0.05, 0) is 78.8 Å². The van der Waals surface area contributed by atoms with Gasteiger partial charge in [0, 0.05) is 12.1 Å². The van der Waals surface area contributed by atoms with E-state index in [1.807, 2.05) is 29.8 Å². The monoisotopic (exact) mass is 474 g/mol. The van der Waals surface area contributed by atoms with Crippen LogP contribution in [0.4, 0.5) is 0 Å². The molecule has 3 aromatic heterocycles. The van der Waals surface area contributed by atoms with E-state index in [9.17, 15) is 4.79 Å². The fourth-order valence-electron chi connectivity index (χ4n) is 5.56. The summed E-state index contributed by atoms with van der Waals surface area (Å²) in [5, 5.41) is 14.0. The maximum Gasteiger partial charge on any atom is 0.252 e. The number of benzene rings is 1. The summed E-state index contributed by atoms with van der Waals surface area (Å²) in [7, 11) is 0. The topological polar surface area (TPSA) is 92.8 Å². The number of aryl methyl sites for hydroxylation is 2. The van der Waals surface area contributed by atoms with E-state index in [1.54, 1.807) is 6.26 Å². The van der Waals surface area contributed by atoms with Crippen molar-refractivity contribution >= 4 is 10.9 Å². The summed E-state index contributed by atoms with van der Waals surface area (Å²) in [5.74, 6) is 1.72. The molecule has 0 spiro atoms. The molecule has 1 atom stereocenters. The first-order chi connectivity index (χ1) is 17.0. The highest BCUT2D eigenvalue weighted by Gasteiger charge is 2.29. The van der Waals surface area contributed by atoms with Gasteiger partial charge < -0.3 is 9.40 Å². The molecular formula is C27H34N6O2.